The molecule has 0 aliphatic heterocycles. The molecule has 0 aliphatic rings. The topological polar surface area (TPSA) is 75.9 Å². The van der Waals surface area contributed by atoms with Crippen molar-refractivity contribution in [2.45, 2.75) is 26.4 Å². The summed E-state index contributed by atoms with van der Waals surface area (Å²) in [4.78, 5) is 29.3. The average molecular weight is 379 g/mol. The number of thiophene rings is 1. The number of rotatable bonds is 7. The van der Waals surface area contributed by atoms with Crippen molar-refractivity contribution >= 4 is 23.2 Å². The van der Waals surface area contributed by atoms with E-state index >= 15 is 0 Å². The number of amides is 1. The Labute approximate surface area is 157 Å². The lowest BCUT2D eigenvalue weighted by atomic mass is 10.2. The Balaban J connectivity index is 2.13. The molecule has 0 saturated heterocycles. The molecule has 0 fully saturated rings. The summed E-state index contributed by atoms with van der Waals surface area (Å²) in [5, 5.41) is 5.80. The highest BCUT2D eigenvalue weighted by atomic mass is 32.1. The number of ether oxygens (including phenoxy) is 1. The zero-order valence-corrected chi connectivity index (χ0v) is 16.6. The van der Waals surface area contributed by atoms with Gasteiger partial charge in [-0.05, 0) is 46.3 Å². The standard InChI is InChI=1S/C18H25N3O4S/c1-18(2,3)24-16(22)12-21(9-8-20(4)5)17(23)13-11-14(25-19-13)15-7-6-10-26-15/h6-7,10-11H,8-9,12H2,1-5H3. The summed E-state index contributed by atoms with van der Waals surface area (Å²) in [7, 11) is 3.81. The molecular weight excluding hydrogens is 354 g/mol. The minimum atomic E-state index is -0.604. The highest BCUT2D eigenvalue weighted by Crippen LogP contribution is 2.25. The van der Waals surface area contributed by atoms with Crippen LogP contribution in [-0.4, -0.2) is 66.2 Å². The minimum Gasteiger partial charge on any atom is -0.459 e. The van der Waals surface area contributed by atoms with Crippen LogP contribution >= 0.6 is 11.3 Å². The number of carbonyl (C=O) groups is 2. The summed E-state index contributed by atoms with van der Waals surface area (Å²) in [6, 6.07) is 5.39. The van der Waals surface area contributed by atoms with E-state index in [1.807, 2.05) is 36.5 Å². The summed E-state index contributed by atoms with van der Waals surface area (Å²) >= 11 is 1.50. The summed E-state index contributed by atoms with van der Waals surface area (Å²) in [6.45, 7) is 6.24. The molecule has 2 rings (SSSR count). The van der Waals surface area contributed by atoms with Gasteiger partial charge < -0.3 is 19.1 Å². The van der Waals surface area contributed by atoms with E-state index in [2.05, 4.69) is 5.16 Å². The van der Waals surface area contributed by atoms with E-state index in [1.54, 1.807) is 26.8 Å². The molecule has 0 aliphatic carbocycles. The molecule has 8 heteroatoms. The Morgan fingerprint density at radius 3 is 2.58 bits per heavy atom. The second-order valence-corrected chi connectivity index (χ2v) is 8.12. The van der Waals surface area contributed by atoms with Crippen molar-refractivity contribution in [3.05, 3.63) is 29.3 Å². The molecule has 1 amide bonds. The van der Waals surface area contributed by atoms with Crippen molar-refractivity contribution in [1.82, 2.24) is 15.0 Å². The van der Waals surface area contributed by atoms with Crippen LogP contribution in [0.5, 0.6) is 0 Å². The normalized spacial score (nSPS) is 11.6. The van der Waals surface area contributed by atoms with Crippen LogP contribution in [0, 0.1) is 0 Å². The van der Waals surface area contributed by atoms with Crippen LogP contribution in [0.4, 0.5) is 0 Å². The molecule has 0 aromatic carbocycles. The Morgan fingerprint density at radius 2 is 2.00 bits per heavy atom. The first-order chi connectivity index (χ1) is 12.2. The smallest absolute Gasteiger partial charge is 0.326 e. The van der Waals surface area contributed by atoms with Gasteiger partial charge in [0.25, 0.3) is 5.91 Å². The lowest BCUT2D eigenvalue weighted by molar-refractivity contribution is -0.155. The molecule has 0 spiro atoms. The van der Waals surface area contributed by atoms with E-state index in [0.29, 0.717) is 18.8 Å². The van der Waals surface area contributed by atoms with Crippen LogP contribution in [0.1, 0.15) is 31.3 Å². The summed E-state index contributed by atoms with van der Waals surface area (Å²) in [5.74, 6) is -0.274. The van der Waals surface area contributed by atoms with Crippen molar-refractivity contribution in [2.75, 3.05) is 33.7 Å². The maximum Gasteiger partial charge on any atom is 0.326 e. The molecule has 0 radical (unpaired) electrons. The number of likely N-dealkylation sites (N-methyl/N-ethyl adjacent to an activating group) is 1. The molecule has 0 bridgehead atoms. The fraction of sp³-hybridized carbons (Fsp3) is 0.500. The van der Waals surface area contributed by atoms with Gasteiger partial charge in [0.05, 0.1) is 4.88 Å². The molecule has 0 unspecified atom stereocenters. The van der Waals surface area contributed by atoms with Crippen molar-refractivity contribution in [3.63, 3.8) is 0 Å². The summed E-state index contributed by atoms with van der Waals surface area (Å²) < 4.78 is 10.6. The maximum absolute atomic E-state index is 12.8. The van der Waals surface area contributed by atoms with Gasteiger partial charge in [0, 0.05) is 19.2 Å². The number of aromatic nitrogens is 1. The van der Waals surface area contributed by atoms with Gasteiger partial charge in [-0.2, -0.15) is 0 Å². The highest BCUT2D eigenvalue weighted by molar-refractivity contribution is 7.13. The summed E-state index contributed by atoms with van der Waals surface area (Å²) in [5.41, 5.74) is -0.427. The third-order valence-electron chi connectivity index (χ3n) is 3.34. The van der Waals surface area contributed by atoms with E-state index in [1.165, 1.54) is 16.2 Å². The maximum atomic E-state index is 12.8. The first kappa shape index (κ1) is 20.1. The van der Waals surface area contributed by atoms with Crippen molar-refractivity contribution < 1.29 is 18.8 Å². The second kappa shape index (κ2) is 8.46. The van der Waals surface area contributed by atoms with Gasteiger partial charge in [0.15, 0.2) is 11.5 Å². The molecule has 2 heterocycles. The molecule has 26 heavy (non-hydrogen) atoms. The fourth-order valence-corrected chi connectivity index (χ4v) is 2.85. The van der Waals surface area contributed by atoms with Gasteiger partial charge in [0.1, 0.15) is 12.1 Å². The van der Waals surface area contributed by atoms with Crippen LogP contribution in [0.3, 0.4) is 0 Å². The van der Waals surface area contributed by atoms with Crippen molar-refractivity contribution in [3.8, 4) is 10.6 Å². The number of hydrogen-bond donors (Lipinski definition) is 0. The Hall–Kier alpha value is -2.19. The quantitative estimate of drug-likeness (QED) is 0.689. The Kier molecular flexibility index (Phi) is 6.55. The van der Waals surface area contributed by atoms with Gasteiger partial charge in [-0.3, -0.25) is 9.59 Å². The molecule has 2 aromatic heterocycles. The van der Waals surface area contributed by atoms with Gasteiger partial charge >= 0.3 is 5.97 Å². The lowest BCUT2D eigenvalue weighted by Crippen LogP contribution is -2.42. The average Bonchev–Trinajstić information content (AvgIpc) is 3.18. The number of hydrogen-bond acceptors (Lipinski definition) is 7. The molecule has 0 N–H and O–H groups in total. The zero-order chi connectivity index (χ0) is 19.3. The molecular formula is C18H25N3O4S. The van der Waals surface area contributed by atoms with Crippen LogP contribution in [-0.2, 0) is 9.53 Å². The Morgan fingerprint density at radius 1 is 1.27 bits per heavy atom. The van der Waals surface area contributed by atoms with Crippen LogP contribution in [0.2, 0.25) is 0 Å². The highest BCUT2D eigenvalue weighted by Gasteiger charge is 2.25. The van der Waals surface area contributed by atoms with Gasteiger partial charge in [-0.15, -0.1) is 11.3 Å². The SMILES string of the molecule is CN(C)CCN(CC(=O)OC(C)(C)C)C(=O)c1cc(-c2cccs2)on1. The van der Waals surface area contributed by atoms with Crippen molar-refractivity contribution in [2.24, 2.45) is 0 Å². The zero-order valence-electron chi connectivity index (χ0n) is 15.8. The van der Waals surface area contributed by atoms with Crippen LogP contribution in [0.15, 0.2) is 28.1 Å². The molecule has 7 nitrogen and oxygen atoms in total. The molecule has 2 aromatic rings. The Bertz CT molecular complexity index is 732. The van der Waals surface area contributed by atoms with Crippen molar-refractivity contribution in [1.29, 1.82) is 0 Å². The molecule has 0 saturated carbocycles. The molecule has 142 valence electrons. The third-order valence-corrected chi connectivity index (χ3v) is 4.22. The molecule has 0 atom stereocenters. The van der Waals surface area contributed by atoms with E-state index in [9.17, 15) is 9.59 Å². The van der Waals surface area contributed by atoms with E-state index in [0.717, 1.165) is 4.88 Å². The largest absolute Gasteiger partial charge is 0.459 e. The minimum absolute atomic E-state index is 0.134. The van der Waals surface area contributed by atoms with Gasteiger partial charge in [-0.25, -0.2) is 0 Å². The number of nitrogens with zero attached hydrogens (tertiary/aromatic N) is 3. The third kappa shape index (κ3) is 5.96. The first-order valence-electron chi connectivity index (χ1n) is 8.32. The fourth-order valence-electron chi connectivity index (χ4n) is 2.18. The van der Waals surface area contributed by atoms with Gasteiger partial charge in [-0.1, -0.05) is 11.2 Å². The predicted octanol–water partition coefficient (Wildman–Crippen LogP) is 2.75. The van der Waals surface area contributed by atoms with Crippen LogP contribution < -0.4 is 0 Å². The number of esters is 1. The monoisotopic (exact) mass is 379 g/mol. The van der Waals surface area contributed by atoms with E-state index in [4.69, 9.17) is 9.26 Å². The van der Waals surface area contributed by atoms with E-state index < -0.39 is 11.6 Å². The second-order valence-electron chi connectivity index (χ2n) is 7.17. The lowest BCUT2D eigenvalue weighted by Gasteiger charge is -2.25. The van der Waals surface area contributed by atoms with Gasteiger partial charge in [0.2, 0.25) is 0 Å². The van der Waals surface area contributed by atoms with Crippen LogP contribution in [0.25, 0.3) is 10.6 Å². The summed E-state index contributed by atoms with van der Waals surface area (Å²) in [6.07, 6.45) is 0. The first-order valence-corrected chi connectivity index (χ1v) is 9.20. The number of carbonyl (C=O) groups excluding carboxylic acids is 2. The predicted molar refractivity (Wildman–Crippen MR) is 100 cm³/mol. The van der Waals surface area contributed by atoms with E-state index in [-0.39, 0.29) is 18.1 Å².